The SMILES string of the molecule is CC(C)c1cnc(NCc2cc(O)c(N3CC(=O)NS3(=O)=O)c(F)c2)nc1. The van der Waals surface area contributed by atoms with Crippen molar-refractivity contribution in [1.29, 1.82) is 0 Å². The molecular formula is C16H18FN5O4S. The topological polar surface area (TPSA) is 125 Å². The van der Waals surface area contributed by atoms with E-state index in [4.69, 9.17) is 0 Å². The molecule has 0 saturated carbocycles. The standard InChI is InChI=1S/C16H18FN5O4S/c1-9(2)11-6-19-16(20-7-11)18-5-10-3-12(17)15(13(23)4-10)22-8-14(24)21-27(22,25)26/h3-4,6-7,9,23H,5,8H2,1-2H3,(H,21,24)(H,18,19,20). The molecule has 0 unspecified atom stereocenters. The van der Waals surface area contributed by atoms with Gasteiger partial charge in [0, 0.05) is 18.9 Å². The van der Waals surface area contributed by atoms with Crippen molar-refractivity contribution in [2.75, 3.05) is 16.2 Å². The molecule has 3 rings (SSSR count). The molecule has 9 nitrogen and oxygen atoms in total. The Morgan fingerprint density at radius 1 is 1.33 bits per heavy atom. The summed E-state index contributed by atoms with van der Waals surface area (Å²) in [6.45, 7) is 3.54. The van der Waals surface area contributed by atoms with Crippen LogP contribution < -0.4 is 14.3 Å². The number of nitrogens with zero attached hydrogens (tertiary/aromatic N) is 3. The minimum atomic E-state index is -4.22. The summed E-state index contributed by atoms with van der Waals surface area (Å²) in [5.41, 5.74) is 0.749. The number of carbonyl (C=O) groups excluding carboxylic acids is 1. The van der Waals surface area contributed by atoms with E-state index in [1.165, 1.54) is 6.07 Å². The van der Waals surface area contributed by atoms with Gasteiger partial charge in [-0.25, -0.2) is 23.4 Å². The van der Waals surface area contributed by atoms with Gasteiger partial charge in [0.2, 0.25) is 5.95 Å². The van der Waals surface area contributed by atoms with Crippen LogP contribution in [-0.4, -0.2) is 35.9 Å². The van der Waals surface area contributed by atoms with E-state index in [1.54, 1.807) is 17.1 Å². The zero-order chi connectivity index (χ0) is 19.8. The predicted octanol–water partition coefficient (Wildman–Crippen LogP) is 1.24. The van der Waals surface area contributed by atoms with Crippen LogP contribution in [0.1, 0.15) is 30.9 Å². The number of hydrogen-bond donors (Lipinski definition) is 3. The lowest BCUT2D eigenvalue weighted by molar-refractivity contribution is -0.117. The smallest absolute Gasteiger partial charge is 0.326 e. The molecule has 2 aromatic rings. The van der Waals surface area contributed by atoms with Gasteiger partial charge < -0.3 is 10.4 Å². The second-order valence-corrected chi connectivity index (χ2v) is 7.93. The summed E-state index contributed by atoms with van der Waals surface area (Å²) in [4.78, 5) is 19.6. The highest BCUT2D eigenvalue weighted by Crippen LogP contribution is 2.34. The molecule has 1 fully saturated rings. The average molecular weight is 395 g/mol. The summed E-state index contributed by atoms with van der Waals surface area (Å²) in [5.74, 6) is -1.74. The minimum Gasteiger partial charge on any atom is -0.506 e. The molecule has 0 aliphatic carbocycles. The number of phenolic OH excluding ortho intramolecular Hbond substituents is 1. The summed E-state index contributed by atoms with van der Waals surface area (Å²) in [6.07, 6.45) is 3.37. The Bertz CT molecular complexity index is 956. The van der Waals surface area contributed by atoms with Gasteiger partial charge in [-0.3, -0.25) is 4.79 Å². The first-order valence-corrected chi connectivity index (χ1v) is 9.52. The second-order valence-electron chi connectivity index (χ2n) is 6.33. The fraction of sp³-hybridized carbons (Fsp3) is 0.312. The van der Waals surface area contributed by atoms with Crippen LogP contribution in [-0.2, 0) is 21.5 Å². The van der Waals surface area contributed by atoms with Gasteiger partial charge in [-0.05, 0) is 29.2 Å². The third kappa shape index (κ3) is 3.92. The van der Waals surface area contributed by atoms with Gasteiger partial charge in [0.15, 0.2) is 5.82 Å². The molecule has 1 aromatic heterocycles. The molecule has 0 spiro atoms. The number of anilines is 2. The van der Waals surface area contributed by atoms with E-state index in [9.17, 15) is 22.7 Å². The highest BCUT2D eigenvalue weighted by Gasteiger charge is 2.37. The van der Waals surface area contributed by atoms with Gasteiger partial charge in [-0.2, -0.15) is 8.42 Å². The molecule has 3 N–H and O–H groups in total. The zero-order valence-corrected chi connectivity index (χ0v) is 15.4. The van der Waals surface area contributed by atoms with Crippen molar-refractivity contribution in [2.24, 2.45) is 0 Å². The van der Waals surface area contributed by atoms with E-state index in [1.807, 2.05) is 13.8 Å². The van der Waals surface area contributed by atoms with Crippen LogP contribution in [0.25, 0.3) is 0 Å². The van der Waals surface area contributed by atoms with E-state index in [0.29, 0.717) is 21.7 Å². The fourth-order valence-electron chi connectivity index (χ4n) is 2.54. The lowest BCUT2D eigenvalue weighted by Gasteiger charge is -2.18. The second kappa shape index (κ2) is 6.99. The van der Waals surface area contributed by atoms with Gasteiger partial charge >= 0.3 is 10.2 Å². The highest BCUT2D eigenvalue weighted by molar-refractivity contribution is 7.92. The number of benzene rings is 1. The summed E-state index contributed by atoms with van der Waals surface area (Å²) in [5, 5.41) is 13.0. The third-order valence-corrected chi connectivity index (χ3v) is 5.34. The number of phenols is 1. The fourth-order valence-corrected chi connectivity index (χ4v) is 3.71. The molecule has 11 heteroatoms. The first-order chi connectivity index (χ1) is 12.7. The van der Waals surface area contributed by atoms with Gasteiger partial charge in [0.1, 0.15) is 18.0 Å². The Kier molecular flexibility index (Phi) is 4.87. The lowest BCUT2D eigenvalue weighted by atomic mass is 10.1. The van der Waals surface area contributed by atoms with Gasteiger partial charge in [-0.1, -0.05) is 13.8 Å². The van der Waals surface area contributed by atoms with Crippen LogP contribution in [0.5, 0.6) is 5.75 Å². The maximum absolute atomic E-state index is 14.4. The molecule has 0 radical (unpaired) electrons. The molecule has 0 atom stereocenters. The molecule has 1 aliphatic rings. The Labute approximate surface area is 155 Å². The first-order valence-electron chi connectivity index (χ1n) is 8.08. The average Bonchev–Trinajstić information content (AvgIpc) is 2.85. The van der Waals surface area contributed by atoms with Gasteiger partial charge in [-0.15, -0.1) is 0 Å². The van der Waals surface area contributed by atoms with Crippen molar-refractivity contribution in [3.05, 3.63) is 41.5 Å². The molecule has 1 amide bonds. The van der Waals surface area contributed by atoms with Crippen LogP contribution in [0, 0.1) is 5.82 Å². The Morgan fingerprint density at radius 2 is 2.00 bits per heavy atom. The predicted molar refractivity (Wildman–Crippen MR) is 95.9 cm³/mol. The number of aromatic nitrogens is 2. The number of hydrogen-bond acceptors (Lipinski definition) is 7. The van der Waals surface area contributed by atoms with E-state index in [2.05, 4.69) is 15.3 Å². The Hall–Kier alpha value is -2.95. The molecule has 2 heterocycles. The Morgan fingerprint density at radius 3 is 2.52 bits per heavy atom. The van der Waals surface area contributed by atoms with Crippen LogP contribution in [0.3, 0.4) is 0 Å². The van der Waals surface area contributed by atoms with E-state index in [0.717, 1.165) is 11.6 Å². The first kappa shape index (κ1) is 18.8. The molecular weight excluding hydrogens is 377 g/mol. The van der Waals surface area contributed by atoms with Crippen molar-refractivity contribution >= 4 is 27.8 Å². The van der Waals surface area contributed by atoms with Crippen molar-refractivity contribution in [2.45, 2.75) is 26.3 Å². The minimum absolute atomic E-state index is 0.107. The van der Waals surface area contributed by atoms with Gasteiger partial charge in [0.05, 0.1) is 0 Å². The number of halogens is 1. The molecule has 1 aliphatic heterocycles. The number of amides is 1. The summed E-state index contributed by atoms with van der Waals surface area (Å²) >= 11 is 0. The monoisotopic (exact) mass is 395 g/mol. The number of aromatic hydroxyl groups is 1. The summed E-state index contributed by atoms with van der Waals surface area (Å²) in [7, 11) is -4.22. The Balaban J connectivity index is 1.78. The molecule has 27 heavy (non-hydrogen) atoms. The lowest BCUT2D eigenvalue weighted by Crippen LogP contribution is -2.30. The maximum atomic E-state index is 14.4. The number of nitrogens with one attached hydrogen (secondary N) is 2. The molecule has 0 bridgehead atoms. The van der Waals surface area contributed by atoms with Crippen LogP contribution >= 0.6 is 0 Å². The zero-order valence-electron chi connectivity index (χ0n) is 14.6. The largest absolute Gasteiger partial charge is 0.506 e. The molecule has 1 saturated heterocycles. The summed E-state index contributed by atoms with van der Waals surface area (Å²) < 4.78 is 40.3. The van der Waals surface area contributed by atoms with E-state index >= 15 is 0 Å². The van der Waals surface area contributed by atoms with Crippen LogP contribution in [0.4, 0.5) is 16.0 Å². The van der Waals surface area contributed by atoms with Crippen LogP contribution in [0.2, 0.25) is 0 Å². The molecule has 1 aromatic carbocycles. The molecule has 144 valence electrons. The van der Waals surface area contributed by atoms with Crippen molar-refractivity contribution < 1.29 is 22.7 Å². The number of rotatable bonds is 5. The maximum Gasteiger partial charge on any atom is 0.326 e. The van der Waals surface area contributed by atoms with Crippen molar-refractivity contribution in [3.63, 3.8) is 0 Å². The normalized spacial score (nSPS) is 15.9. The highest BCUT2D eigenvalue weighted by atomic mass is 32.2. The van der Waals surface area contributed by atoms with Crippen LogP contribution in [0.15, 0.2) is 24.5 Å². The van der Waals surface area contributed by atoms with Crippen molar-refractivity contribution in [3.8, 4) is 5.75 Å². The number of carbonyl (C=O) groups is 1. The third-order valence-electron chi connectivity index (χ3n) is 3.96. The van der Waals surface area contributed by atoms with E-state index < -0.39 is 39.9 Å². The van der Waals surface area contributed by atoms with E-state index in [-0.39, 0.29) is 6.54 Å². The quantitative estimate of drug-likeness (QED) is 0.696. The van der Waals surface area contributed by atoms with Crippen molar-refractivity contribution in [1.82, 2.24) is 14.7 Å². The summed E-state index contributed by atoms with van der Waals surface area (Å²) in [6, 6.07) is 2.29. The van der Waals surface area contributed by atoms with Gasteiger partial charge in [0.25, 0.3) is 5.91 Å².